The minimum atomic E-state index is -0.470. The molecule has 0 saturated carbocycles. The van der Waals surface area contributed by atoms with Gasteiger partial charge >= 0.3 is 0 Å². The van der Waals surface area contributed by atoms with E-state index in [1.807, 2.05) is 24.3 Å². The van der Waals surface area contributed by atoms with Crippen molar-refractivity contribution in [3.05, 3.63) is 76.5 Å². The molecule has 0 spiro atoms. The molecule has 9 heteroatoms. The van der Waals surface area contributed by atoms with Crippen LogP contribution < -0.4 is 10.6 Å². The molecule has 2 aromatic carbocycles. The highest BCUT2D eigenvalue weighted by Gasteiger charge is 2.14. The molecule has 2 aromatic heterocycles. The summed E-state index contributed by atoms with van der Waals surface area (Å²) < 4.78 is 11.1. The lowest BCUT2D eigenvalue weighted by Gasteiger charge is -2.05. The number of hydrogen-bond acceptors (Lipinski definition) is 7. The Balaban J connectivity index is 1.28. The number of nitro benzene ring substituents is 1. The Kier molecular flexibility index (Phi) is 5.71. The summed E-state index contributed by atoms with van der Waals surface area (Å²) in [6.45, 7) is 1.14. The van der Waals surface area contributed by atoms with Gasteiger partial charge < -0.3 is 15.1 Å². The predicted molar refractivity (Wildman–Crippen MR) is 116 cm³/mol. The summed E-state index contributed by atoms with van der Waals surface area (Å²) in [5, 5.41) is 18.1. The van der Waals surface area contributed by atoms with Gasteiger partial charge in [-0.05, 0) is 42.2 Å². The summed E-state index contributed by atoms with van der Waals surface area (Å²) in [7, 11) is 0. The van der Waals surface area contributed by atoms with Gasteiger partial charge in [0.05, 0.1) is 9.62 Å². The molecule has 4 rings (SSSR count). The van der Waals surface area contributed by atoms with E-state index >= 15 is 0 Å². The number of carbonyl (C=O) groups excluding carboxylic acids is 1. The number of aromatic nitrogens is 1. The van der Waals surface area contributed by atoms with Crippen LogP contribution >= 0.6 is 11.5 Å². The van der Waals surface area contributed by atoms with E-state index in [1.165, 1.54) is 23.7 Å². The van der Waals surface area contributed by atoms with Crippen LogP contribution in [0.25, 0.3) is 21.4 Å². The monoisotopic (exact) mass is 422 g/mol. The topological polar surface area (TPSA) is 110 Å². The third kappa shape index (κ3) is 4.31. The summed E-state index contributed by atoms with van der Waals surface area (Å²) in [5.41, 5.74) is 0.512. The zero-order valence-corrected chi connectivity index (χ0v) is 16.6. The molecule has 2 N–H and O–H groups in total. The summed E-state index contributed by atoms with van der Waals surface area (Å²) in [6.07, 6.45) is 0.718. The third-order valence-electron chi connectivity index (χ3n) is 4.48. The standard InChI is InChI=1S/C21H18N4O4S/c26-21(18-10-9-17(29-18)14-5-3-6-15(13-14)25(27)28)23-12-4-11-22-20-16-7-1-2-8-19(16)30-24-20/h1-3,5-10,13H,4,11-12H2,(H,22,24)(H,23,26). The fourth-order valence-corrected chi connectivity index (χ4v) is 3.74. The molecule has 30 heavy (non-hydrogen) atoms. The average molecular weight is 422 g/mol. The summed E-state index contributed by atoms with van der Waals surface area (Å²) >= 11 is 1.45. The first-order valence-electron chi connectivity index (χ1n) is 9.33. The van der Waals surface area contributed by atoms with Gasteiger partial charge in [-0.1, -0.05) is 24.3 Å². The lowest BCUT2D eigenvalue weighted by atomic mass is 10.1. The van der Waals surface area contributed by atoms with Crippen molar-refractivity contribution in [2.45, 2.75) is 6.42 Å². The van der Waals surface area contributed by atoms with Crippen LogP contribution in [0, 0.1) is 10.1 Å². The Morgan fingerprint density at radius 3 is 2.83 bits per heavy atom. The van der Waals surface area contributed by atoms with E-state index in [2.05, 4.69) is 15.0 Å². The first-order valence-corrected chi connectivity index (χ1v) is 10.1. The van der Waals surface area contributed by atoms with E-state index in [9.17, 15) is 14.9 Å². The molecule has 4 aromatic rings. The van der Waals surface area contributed by atoms with Gasteiger partial charge in [-0.3, -0.25) is 14.9 Å². The van der Waals surface area contributed by atoms with Crippen LogP contribution in [0.4, 0.5) is 11.5 Å². The third-order valence-corrected chi connectivity index (χ3v) is 5.31. The van der Waals surface area contributed by atoms with Gasteiger partial charge in [-0.15, -0.1) is 0 Å². The van der Waals surface area contributed by atoms with Crippen molar-refractivity contribution in [2.75, 3.05) is 18.4 Å². The number of fused-ring (bicyclic) bond motifs is 1. The number of hydrogen-bond donors (Lipinski definition) is 2. The van der Waals surface area contributed by atoms with Gasteiger partial charge in [0.25, 0.3) is 11.6 Å². The summed E-state index contributed by atoms with van der Waals surface area (Å²) in [4.78, 5) is 22.7. The molecule has 152 valence electrons. The van der Waals surface area contributed by atoms with Gasteiger partial charge in [0.1, 0.15) is 11.6 Å². The SMILES string of the molecule is O=C(NCCCNc1nsc2ccccc12)c1ccc(-c2cccc([N+](=O)[O-])c2)o1. The van der Waals surface area contributed by atoms with Crippen LogP contribution in [0.2, 0.25) is 0 Å². The van der Waals surface area contributed by atoms with Crippen LogP contribution in [-0.4, -0.2) is 28.3 Å². The number of nitrogens with one attached hydrogen (secondary N) is 2. The molecule has 0 saturated heterocycles. The van der Waals surface area contributed by atoms with E-state index in [0.717, 1.165) is 22.3 Å². The first-order chi connectivity index (χ1) is 14.6. The smallest absolute Gasteiger partial charge is 0.287 e. The highest BCUT2D eigenvalue weighted by Crippen LogP contribution is 2.27. The fraction of sp³-hybridized carbons (Fsp3) is 0.143. The average Bonchev–Trinajstić information content (AvgIpc) is 3.41. The Morgan fingerprint density at radius 1 is 1.10 bits per heavy atom. The van der Waals surface area contributed by atoms with Crippen LogP contribution in [0.1, 0.15) is 17.0 Å². The van der Waals surface area contributed by atoms with Gasteiger partial charge in [-0.25, -0.2) is 0 Å². The predicted octanol–water partition coefficient (Wildman–Crippen LogP) is 4.70. The molecule has 0 bridgehead atoms. The molecule has 0 aliphatic rings. The van der Waals surface area contributed by atoms with E-state index in [4.69, 9.17) is 4.42 Å². The molecule has 0 aliphatic heterocycles. The number of carbonyl (C=O) groups is 1. The lowest BCUT2D eigenvalue weighted by molar-refractivity contribution is -0.384. The summed E-state index contributed by atoms with van der Waals surface area (Å²) in [5.74, 6) is 1.09. The number of benzene rings is 2. The lowest BCUT2D eigenvalue weighted by Crippen LogP contribution is -2.25. The highest BCUT2D eigenvalue weighted by atomic mass is 32.1. The quantitative estimate of drug-likeness (QED) is 0.242. The highest BCUT2D eigenvalue weighted by molar-refractivity contribution is 7.13. The van der Waals surface area contributed by atoms with Crippen molar-refractivity contribution in [3.63, 3.8) is 0 Å². The fourth-order valence-electron chi connectivity index (χ4n) is 2.99. The van der Waals surface area contributed by atoms with E-state index in [0.29, 0.717) is 24.4 Å². The number of non-ortho nitro benzene ring substituents is 1. The molecule has 0 radical (unpaired) electrons. The van der Waals surface area contributed by atoms with Crippen LogP contribution in [0.15, 0.2) is 65.1 Å². The second kappa shape index (κ2) is 8.75. The zero-order chi connectivity index (χ0) is 20.9. The van der Waals surface area contributed by atoms with E-state index in [-0.39, 0.29) is 17.4 Å². The van der Waals surface area contributed by atoms with Crippen LogP contribution in [-0.2, 0) is 0 Å². The van der Waals surface area contributed by atoms with Crippen molar-refractivity contribution in [2.24, 2.45) is 0 Å². The Morgan fingerprint density at radius 2 is 1.97 bits per heavy atom. The number of anilines is 1. The largest absolute Gasteiger partial charge is 0.451 e. The number of amides is 1. The Hall–Kier alpha value is -3.72. The number of nitrogens with zero attached hydrogens (tertiary/aromatic N) is 2. The van der Waals surface area contributed by atoms with Crippen molar-refractivity contribution >= 4 is 39.0 Å². The molecule has 0 fully saturated rings. The van der Waals surface area contributed by atoms with Gasteiger partial charge in [0, 0.05) is 36.2 Å². The maximum atomic E-state index is 12.3. The second-order valence-corrected chi connectivity index (χ2v) is 7.34. The molecule has 1 amide bonds. The molecular formula is C21H18N4O4S. The number of nitro groups is 1. The van der Waals surface area contributed by atoms with Crippen molar-refractivity contribution < 1.29 is 14.1 Å². The molecule has 0 atom stereocenters. The van der Waals surface area contributed by atoms with Crippen LogP contribution in [0.5, 0.6) is 0 Å². The van der Waals surface area contributed by atoms with Gasteiger partial charge in [0.2, 0.25) is 0 Å². The molecule has 2 heterocycles. The summed E-state index contributed by atoms with van der Waals surface area (Å²) in [6, 6.07) is 17.3. The number of furan rings is 1. The zero-order valence-electron chi connectivity index (χ0n) is 15.8. The Bertz CT molecular complexity index is 1200. The van der Waals surface area contributed by atoms with E-state index in [1.54, 1.807) is 24.3 Å². The van der Waals surface area contributed by atoms with E-state index < -0.39 is 4.92 Å². The maximum Gasteiger partial charge on any atom is 0.287 e. The minimum Gasteiger partial charge on any atom is -0.451 e. The Labute approximate surface area is 175 Å². The van der Waals surface area contributed by atoms with Crippen molar-refractivity contribution in [3.8, 4) is 11.3 Å². The maximum absolute atomic E-state index is 12.3. The molecular weight excluding hydrogens is 404 g/mol. The van der Waals surface area contributed by atoms with Gasteiger partial charge in [0.15, 0.2) is 5.76 Å². The molecule has 0 aliphatic carbocycles. The molecule has 0 unspecified atom stereocenters. The number of rotatable bonds is 8. The van der Waals surface area contributed by atoms with Gasteiger partial charge in [-0.2, -0.15) is 4.37 Å². The minimum absolute atomic E-state index is 0.0321. The van der Waals surface area contributed by atoms with Crippen molar-refractivity contribution in [1.29, 1.82) is 0 Å². The normalized spacial score (nSPS) is 10.8. The molecule has 8 nitrogen and oxygen atoms in total. The first kappa shape index (κ1) is 19.6. The second-order valence-electron chi connectivity index (χ2n) is 6.53. The van der Waals surface area contributed by atoms with Crippen molar-refractivity contribution in [1.82, 2.24) is 9.69 Å². The van der Waals surface area contributed by atoms with Crippen LogP contribution in [0.3, 0.4) is 0 Å².